The lowest BCUT2D eigenvalue weighted by Gasteiger charge is -2.20. The second-order valence-corrected chi connectivity index (χ2v) is 11.1. The average Bonchev–Trinajstić information content (AvgIpc) is 3.20. The number of hydrogen-bond acceptors (Lipinski definition) is 5. The summed E-state index contributed by atoms with van der Waals surface area (Å²) in [6.07, 6.45) is 7.43. The van der Waals surface area contributed by atoms with E-state index in [1.54, 1.807) is 18.2 Å². The van der Waals surface area contributed by atoms with Gasteiger partial charge in [-0.2, -0.15) is 4.31 Å². The molecule has 180 valence electrons. The highest BCUT2D eigenvalue weighted by molar-refractivity contribution is 7.89. The summed E-state index contributed by atoms with van der Waals surface area (Å²) in [6.45, 7) is 1.22. The van der Waals surface area contributed by atoms with Gasteiger partial charge in [0, 0.05) is 31.7 Å². The van der Waals surface area contributed by atoms with E-state index in [4.69, 9.17) is 0 Å². The third kappa shape index (κ3) is 5.06. The zero-order valence-electron chi connectivity index (χ0n) is 18.8. The number of amides is 4. The van der Waals surface area contributed by atoms with E-state index >= 15 is 0 Å². The molecule has 2 N–H and O–H groups in total. The molecule has 2 heterocycles. The summed E-state index contributed by atoms with van der Waals surface area (Å²) in [5.74, 6) is -0.473. The SMILES string of the molecule is O=C(CCCN1C(=O)NC2(CCCC2)C1=O)Nc1cccc(S(=O)(=O)N2CCCCCC2)c1. The van der Waals surface area contributed by atoms with Crippen LogP contribution in [0.5, 0.6) is 0 Å². The van der Waals surface area contributed by atoms with Gasteiger partial charge in [0.1, 0.15) is 5.54 Å². The second kappa shape index (κ2) is 9.80. The monoisotopic (exact) mass is 476 g/mol. The largest absolute Gasteiger partial charge is 0.326 e. The van der Waals surface area contributed by atoms with Crippen LogP contribution in [-0.4, -0.2) is 60.6 Å². The number of benzene rings is 1. The highest BCUT2D eigenvalue weighted by Gasteiger charge is 2.52. The number of carbonyl (C=O) groups is 3. The molecule has 3 aliphatic rings. The Hall–Kier alpha value is -2.46. The molecule has 4 amide bonds. The minimum absolute atomic E-state index is 0.118. The van der Waals surface area contributed by atoms with Crippen LogP contribution in [0.15, 0.2) is 29.2 Å². The number of hydrogen-bond donors (Lipinski definition) is 2. The van der Waals surface area contributed by atoms with Crippen LogP contribution >= 0.6 is 0 Å². The maximum atomic E-state index is 13.0. The van der Waals surface area contributed by atoms with Gasteiger partial charge < -0.3 is 10.6 Å². The van der Waals surface area contributed by atoms with Crippen LogP contribution < -0.4 is 10.6 Å². The second-order valence-electron chi connectivity index (χ2n) is 9.17. The first kappa shape index (κ1) is 23.7. The Morgan fingerprint density at radius 3 is 2.42 bits per heavy atom. The van der Waals surface area contributed by atoms with Crippen LogP contribution in [-0.2, 0) is 19.6 Å². The quantitative estimate of drug-likeness (QED) is 0.587. The van der Waals surface area contributed by atoms with Gasteiger partial charge >= 0.3 is 6.03 Å². The Bertz CT molecular complexity index is 1010. The normalized spacial score (nSPS) is 21.3. The van der Waals surface area contributed by atoms with Crippen LogP contribution in [0, 0.1) is 0 Å². The molecule has 3 fully saturated rings. The van der Waals surface area contributed by atoms with Gasteiger partial charge in [-0.15, -0.1) is 0 Å². The van der Waals surface area contributed by atoms with E-state index in [-0.39, 0.29) is 35.7 Å². The molecule has 0 bridgehead atoms. The molecule has 10 heteroatoms. The van der Waals surface area contributed by atoms with E-state index in [1.165, 1.54) is 15.3 Å². The van der Waals surface area contributed by atoms with Crippen molar-refractivity contribution in [2.75, 3.05) is 25.0 Å². The van der Waals surface area contributed by atoms with Gasteiger partial charge in [0.05, 0.1) is 4.90 Å². The predicted molar refractivity (Wildman–Crippen MR) is 123 cm³/mol. The molecule has 0 aromatic heterocycles. The summed E-state index contributed by atoms with van der Waals surface area (Å²) < 4.78 is 27.5. The highest BCUT2D eigenvalue weighted by Crippen LogP contribution is 2.35. The van der Waals surface area contributed by atoms with Crippen molar-refractivity contribution in [3.05, 3.63) is 24.3 Å². The lowest BCUT2D eigenvalue weighted by atomic mass is 9.98. The molecule has 1 saturated carbocycles. The predicted octanol–water partition coefficient (Wildman–Crippen LogP) is 2.83. The summed E-state index contributed by atoms with van der Waals surface area (Å²) >= 11 is 0. The van der Waals surface area contributed by atoms with Crippen molar-refractivity contribution >= 4 is 33.6 Å². The zero-order valence-corrected chi connectivity index (χ0v) is 19.7. The number of carbonyl (C=O) groups excluding carboxylic acids is 3. The molecule has 1 aromatic carbocycles. The third-order valence-corrected chi connectivity index (χ3v) is 8.70. The first-order valence-electron chi connectivity index (χ1n) is 11.9. The average molecular weight is 477 g/mol. The standard InChI is InChI=1S/C23H32N4O5S/c28-20(11-8-16-27-21(29)23(25-22(27)30)12-3-4-13-23)24-18-9-7-10-19(17-18)33(31,32)26-14-5-1-2-6-15-26/h7,9-10,17H,1-6,8,11-16H2,(H,24,28)(H,25,30). The van der Waals surface area contributed by atoms with Crippen molar-refractivity contribution in [1.82, 2.24) is 14.5 Å². The van der Waals surface area contributed by atoms with Gasteiger partial charge in [0.15, 0.2) is 0 Å². The lowest BCUT2D eigenvalue weighted by molar-refractivity contribution is -0.131. The molecule has 33 heavy (non-hydrogen) atoms. The summed E-state index contributed by atoms with van der Waals surface area (Å²) in [7, 11) is -3.60. The number of nitrogens with one attached hydrogen (secondary N) is 2. The van der Waals surface area contributed by atoms with Gasteiger partial charge in [0.25, 0.3) is 5.91 Å². The van der Waals surface area contributed by atoms with E-state index in [1.807, 2.05) is 0 Å². The van der Waals surface area contributed by atoms with Crippen LogP contribution in [0.1, 0.15) is 64.2 Å². The van der Waals surface area contributed by atoms with E-state index in [0.717, 1.165) is 38.5 Å². The maximum absolute atomic E-state index is 13.0. The van der Waals surface area contributed by atoms with Gasteiger partial charge in [-0.3, -0.25) is 14.5 Å². The van der Waals surface area contributed by atoms with Crippen molar-refractivity contribution < 1.29 is 22.8 Å². The zero-order chi connectivity index (χ0) is 23.5. The number of urea groups is 1. The number of sulfonamides is 1. The fourth-order valence-electron chi connectivity index (χ4n) is 4.98. The summed E-state index contributed by atoms with van der Waals surface area (Å²) in [5, 5.41) is 5.57. The molecule has 2 aliphatic heterocycles. The molecule has 1 spiro atoms. The Morgan fingerprint density at radius 2 is 1.73 bits per heavy atom. The smallest absolute Gasteiger partial charge is 0.325 e. The molecule has 0 atom stereocenters. The topological polar surface area (TPSA) is 116 Å². The van der Waals surface area contributed by atoms with Crippen LogP contribution in [0.25, 0.3) is 0 Å². The van der Waals surface area contributed by atoms with Crippen molar-refractivity contribution in [1.29, 1.82) is 0 Å². The Balaban J connectivity index is 1.31. The molecule has 1 aliphatic carbocycles. The van der Waals surface area contributed by atoms with Crippen molar-refractivity contribution in [2.24, 2.45) is 0 Å². The molecular weight excluding hydrogens is 444 g/mol. The van der Waals surface area contributed by atoms with Gasteiger partial charge in [-0.1, -0.05) is 31.7 Å². The molecule has 1 aromatic rings. The minimum Gasteiger partial charge on any atom is -0.326 e. The van der Waals surface area contributed by atoms with Crippen LogP contribution in [0.4, 0.5) is 10.5 Å². The summed E-state index contributed by atoms with van der Waals surface area (Å²) in [5.41, 5.74) is -0.325. The molecule has 2 saturated heterocycles. The molecule has 4 rings (SSSR count). The minimum atomic E-state index is -3.60. The van der Waals surface area contributed by atoms with Crippen molar-refractivity contribution in [3.8, 4) is 0 Å². The van der Waals surface area contributed by atoms with Gasteiger partial charge in [-0.05, 0) is 50.3 Å². The van der Waals surface area contributed by atoms with E-state index in [2.05, 4.69) is 10.6 Å². The van der Waals surface area contributed by atoms with Crippen LogP contribution in [0.2, 0.25) is 0 Å². The number of rotatable bonds is 7. The summed E-state index contributed by atoms with van der Waals surface area (Å²) in [6, 6.07) is 5.93. The van der Waals surface area contributed by atoms with E-state index in [9.17, 15) is 22.8 Å². The fraction of sp³-hybridized carbons (Fsp3) is 0.609. The summed E-state index contributed by atoms with van der Waals surface area (Å²) in [4.78, 5) is 38.7. The lowest BCUT2D eigenvalue weighted by Crippen LogP contribution is -2.44. The fourth-order valence-corrected chi connectivity index (χ4v) is 6.55. The Morgan fingerprint density at radius 1 is 1.03 bits per heavy atom. The molecule has 0 unspecified atom stereocenters. The Kier molecular flexibility index (Phi) is 7.04. The number of imide groups is 1. The number of anilines is 1. The van der Waals surface area contributed by atoms with Crippen molar-refractivity contribution in [3.63, 3.8) is 0 Å². The molecular formula is C23H32N4O5S. The molecule has 0 radical (unpaired) electrons. The highest BCUT2D eigenvalue weighted by atomic mass is 32.2. The van der Waals surface area contributed by atoms with E-state index in [0.29, 0.717) is 38.0 Å². The Labute approximate surface area is 194 Å². The van der Waals surface area contributed by atoms with Gasteiger partial charge in [0.2, 0.25) is 15.9 Å². The maximum Gasteiger partial charge on any atom is 0.325 e. The van der Waals surface area contributed by atoms with Crippen molar-refractivity contribution in [2.45, 2.75) is 74.6 Å². The third-order valence-electron chi connectivity index (χ3n) is 6.81. The van der Waals surface area contributed by atoms with E-state index < -0.39 is 15.6 Å². The first-order chi connectivity index (χ1) is 15.8. The number of nitrogens with zero attached hydrogens (tertiary/aromatic N) is 2. The van der Waals surface area contributed by atoms with Gasteiger partial charge in [-0.25, -0.2) is 13.2 Å². The molecule has 9 nitrogen and oxygen atoms in total. The van der Waals surface area contributed by atoms with Crippen LogP contribution in [0.3, 0.4) is 0 Å². The first-order valence-corrected chi connectivity index (χ1v) is 13.3.